The highest BCUT2D eigenvalue weighted by Gasteiger charge is 2.09. The van der Waals surface area contributed by atoms with Gasteiger partial charge in [-0.2, -0.15) is 5.26 Å². The molecular weight excluding hydrogens is 265 g/mol. The van der Waals surface area contributed by atoms with Crippen LogP contribution >= 0.6 is 27.3 Å². The van der Waals surface area contributed by atoms with Crippen molar-refractivity contribution < 1.29 is 4.39 Å². The van der Waals surface area contributed by atoms with Crippen molar-refractivity contribution in [1.82, 2.24) is 0 Å². The zero-order valence-corrected chi connectivity index (χ0v) is 9.45. The van der Waals surface area contributed by atoms with Crippen LogP contribution in [0.3, 0.4) is 0 Å². The number of nitrogens with zero attached hydrogens (tertiary/aromatic N) is 1. The van der Waals surface area contributed by atoms with Crippen molar-refractivity contribution in [3.63, 3.8) is 0 Å². The van der Waals surface area contributed by atoms with Crippen LogP contribution in [0.15, 0.2) is 17.5 Å². The van der Waals surface area contributed by atoms with E-state index >= 15 is 0 Å². The van der Waals surface area contributed by atoms with Crippen molar-refractivity contribution in [3.8, 4) is 6.07 Å². The Morgan fingerprint density at radius 1 is 1.50 bits per heavy atom. The Kier molecular flexibility index (Phi) is 2.53. The molecule has 0 spiro atoms. The van der Waals surface area contributed by atoms with Gasteiger partial charge >= 0.3 is 0 Å². The molecule has 1 aromatic heterocycles. The zero-order chi connectivity index (χ0) is 10.1. The summed E-state index contributed by atoms with van der Waals surface area (Å²) >= 11 is 4.78. The van der Waals surface area contributed by atoms with Gasteiger partial charge in [-0.05, 0) is 17.7 Å². The minimum Gasteiger partial charge on any atom is -0.207 e. The maximum atomic E-state index is 13.2. The monoisotopic (exact) mass is 269 g/mol. The topological polar surface area (TPSA) is 23.8 Å². The summed E-state index contributed by atoms with van der Waals surface area (Å²) in [5.41, 5.74) is 1.44. The zero-order valence-electron chi connectivity index (χ0n) is 7.05. The van der Waals surface area contributed by atoms with Gasteiger partial charge < -0.3 is 0 Å². The van der Waals surface area contributed by atoms with Crippen LogP contribution in [0.25, 0.3) is 10.1 Å². The lowest BCUT2D eigenvalue weighted by Gasteiger charge is -1.98. The van der Waals surface area contributed by atoms with Crippen molar-refractivity contribution in [2.75, 3.05) is 0 Å². The predicted molar refractivity (Wildman–Crippen MR) is 59.1 cm³/mol. The summed E-state index contributed by atoms with van der Waals surface area (Å²) in [6.07, 6.45) is 0. The molecule has 0 fully saturated rings. The summed E-state index contributed by atoms with van der Waals surface area (Å²) in [5.74, 6) is -0.290. The molecule has 0 unspecified atom stereocenters. The van der Waals surface area contributed by atoms with Gasteiger partial charge in [-0.25, -0.2) is 4.39 Å². The molecule has 0 aliphatic rings. The molecule has 0 N–H and O–H groups in total. The molecule has 0 atom stereocenters. The van der Waals surface area contributed by atoms with Gasteiger partial charge in [-0.15, -0.1) is 11.3 Å². The molecular formula is C10H5BrFNS. The van der Waals surface area contributed by atoms with Gasteiger partial charge in [0.2, 0.25) is 0 Å². The Hall–Kier alpha value is -0.920. The summed E-state index contributed by atoms with van der Waals surface area (Å²) in [5, 5.41) is 11.9. The number of alkyl halides is 1. The Morgan fingerprint density at radius 3 is 2.93 bits per heavy atom. The third kappa shape index (κ3) is 1.43. The second-order valence-electron chi connectivity index (χ2n) is 2.84. The summed E-state index contributed by atoms with van der Waals surface area (Å²) < 4.78 is 14.1. The third-order valence-electron chi connectivity index (χ3n) is 1.98. The number of benzene rings is 1. The highest BCUT2D eigenvalue weighted by Crippen LogP contribution is 2.30. The van der Waals surface area contributed by atoms with Crippen LogP contribution in [0.2, 0.25) is 0 Å². The average Bonchev–Trinajstić information content (AvgIpc) is 2.59. The molecule has 0 saturated heterocycles. The first-order chi connectivity index (χ1) is 6.76. The molecule has 14 heavy (non-hydrogen) atoms. The Morgan fingerprint density at radius 2 is 2.29 bits per heavy atom. The maximum absolute atomic E-state index is 13.2. The number of fused-ring (bicyclic) bond motifs is 1. The first kappa shape index (κ1) is 9.63. The van der Waals surface area contributed by atoms with E-state index in [1.165, 1.54) is 23.5 Å². The van der Waals surface area contributed by atoms with E-state index in [2.05, 4.69) is 22.0 Å². The lowest BCUT2D eigenvalue weighted by Crippen LogP contribution is -1.82. The largest absolute Gasteiger partial charge is 0.207 e. The lowest BCUT2D eigenvalue weighted by atomic mass is 10.1. The number of nitriles is 1. The molecule has 0 aliphatic heterocycles. The summed E-state index contributed by atoms with van der Waals surface area (Å²) in [4.78, 5) is 0. The smallest absolute Gasteiger partial charge is 0.124 e. The number of halogens is 2. The fraction of sp³-hybridized carbons (Fsp3) is 0.100. The molecule has 0 aliphatic carbocycles. The molecule has 4 heteroatoms. The normalized spacial score (nSPS) is 10.4. The lowest BCUT2D eigenvalue weighted by molar-refractivity contribution is 0.628. The van der Waals surface area contributed by atoms with Crippen LogP contribution in [0.4, 0.5) is 4.39 Å². The summed E-state index contributed by atoms with van der Waals surface area (Å²) in [7, 11) is 0. The molecule has 70 valence electrons. The number of thiophene rings is 1. The van der Waals surface area contributed by atoms with E-state index in [1.54, 1.807) is 5.38 Å². The van der Waals surface area contributed by atoms with Gasteiger partial charge in [0, 0.05) is 20.8 Å². The minimum absolute atomic E-state index is 0.290. The predicted octanol–water partition coefficient (Wildman–Crippen LogP) is 3.81. The average molecular weight is 270 g/mol. The van der Waals surface area contributed by atoms with E-state index in [0.717, 1.165) is 10.3 Å². The molecule has 0 amide bonds. The highest BCUT2D eigenvalue weighted by atomic mass is 79.9. The number of hydrogen-bond donors (Lipinski definition) is 0. The Labute approximate surface area is 92.9 Å². The van der Waals surface area contributed by atoms with Crippen molar-refractivity contribution >= 4 is 37.4 Å². The quantitative estimate of drug-likeness (QED) is 0.723. The fourth-order valence-corrected chi connectivity index (χ4v) is 2.98. The van der Waals surface area contributed by atoms with Gasteiger partial charge in [0.05, 0.1) is 5.56 Å². The Bertz CT molecular complexity index is 527. The van der Waals surface area contributed by atoms with E-state index in [0.29, 0.717) is 16.3 Å². The first-order valence-corrected chi connectivity index (χ1v) is 5.92. The standard InChI is InChI=1S/C10H5BrFNS/c11-3-6-1-8(12)2-9-7(4-13)5-14-10(6)9/h1-2,5H,3H2. The molecule has 0 radical (unpaired) electrons. The fourth-order valence-electron chi connectivity index (χ4n) is 1.36. The SMILES string of the molecule is N#Cc1csc2c(CBr)cc(F)cc12. The molecule has 0 bridgehead atoms. The van der Waals surface area contributed by atoms with Gasteiger partial charge in [0.15, 0.2) is 0 Å². The summed E-state index contributed by atoms with van der Waals surface area (Å²) in [6.45, 7) is 0. The maximum Gasteiger partial charge on any atom is 0.124 e. The van der Waals surface area contributed by atoms with Gasteiger partial charge in [0.25, 0.3) is 0 Å². The van der Waals surface area contributed by atoms with Crippen LogP contribution in [-0.4, -0.2) is 0 Å². The molecule has 1 aromatic carbocycles. The second-order valence-corrected chi connectivity index (χ2v) is 4.28. The number of rotatable bonds is 1. The van der Waals surface area contributed by atoms with Crippen LogP contribution in [-0.2, 0) is 5.33 Å². The first-order valence-electron chi connectivity index (χ1n) is 3.92. The van der Waals surface area contributed by atoms with Gasteiger partial charge in [0.1, 0.15) is 11.9 Å². The molecule has 1 heterocycles. The summed E-state index contributed by atoms with van der Waals surface area (Å²) in [6, 6.07) is 4.96. The van der Waals surface area contributed by atoms with E-state index < -0.39 is 0 Å². The third-order valence-corrected chi connectivity index (χ3v) is 3.66. The minimum atomic E-state index is -0.290. The van der Waals surface area contributed by atoms with Crippen molar-refractivity contribution in [2.45, 2.75) is 5.33 Å². The van der Waals surface area contributed by atoms with Crippen molar-refractivity contribution in [1.29, 1.82) is 5.26 Å². The van der Waals surface area contributed by atoms with Crippen molar-refractivity contribution in [2.24, 2.45) is 0 Å². The Balaban J connectivity index is 2.85. The van der Waals surface area contributed by atoms with E-state index in [9.17, 15) is 4.39 Å². The second kappa shape index (κ2) is 3.68. The van der Waals surface area contributed by atoms with Crippen molar-refractivity contribution in [3.05, 3.63) is 34.5 Å². The van der Waals surface area contributed by atoms with Gasteiger partial charge in [-0.3, -0.25) is 0 Å². The number of hydrogen-bond acceptors (Lipinski definition) is 2. The van der Waals surface area contributed by atoms with Crippen LogP contribution < -0.4 is 0 Å². The van der Waals surface area contributed by atoms with E-state index in [1.807, 2.05) is 0 Å². The highest BCUT2D eigenvalue weighted by molar-refractivity contribution is 9.08. The van der Waals surface area contributed by atoms with E-state index in [4.69, 9.17) is 5.26 Å². The van der Waals surface area contributed by atoms with Crippen LogP contribution in [0.1, 0.15) is 11.1 Å². The molecule has 0 saturated carbocycles. The van der Waals surface area contributed by atoms with Crippen LogP contribution in [0.5, 0.6) is 0 Å². The molecule has 2 aromatic rings. The molecule has 1 nitrogen and oxygen atoms in total. The molecule has 2 rings (SSSR count). The van der Waals surface area contributed by atoms with Gasteiger partial charge in [-0.1, -0.05) is 15.9 Å². The van der Waals surface area contributed by atoms with E-state index in [-0.39, 0.29) is 5.82 Å². The van der Waals surface area contributed by atoms with Crippen LogP contribution in [0, 0.1) is 17.1 Å².